The molecule has 0 fully saturated rings. The van der Waals surface area contributed by atoms with E-state index in [9.17, 15) is 30.0 Å². The highest BCUT2D eigenvalue weighted by Gasteiger charge is 2.49. The van der Waals surface area contributed by atoms with Gasteiger partial charge in [0.15, 0.2) is 0 Å². The molecule has 2 aromatic carbocycles. The number of halogens is 3. The van der Waals surface area contributed by atoms with Crippen LogP contribution in [0.25, 0.3) is 0 Å². The monoisotopic (exact) mass is 577 g/mol. The number of ether oxygens (including phenoxy) is 2. The van der Waals surface area contributed by atoms with Crippen molar-refractivity contribution in [2.45, 2.75) is 38.4 Å². The van der Waals surface area contributed by atoms with Crippen molar-refractivity contribution >= 4 is 20.1 Å². The largest absolute Gasteiger partial charge is 0.534 e. The summed E-state index contributed by atoms with van der Waals surface area (Å²) in [7, 11) is -6.55. The molecule has 0 radical (unpaired) electrons. The van der Waals surface area contributed by atoms with E-state index in [1.165, 1.54) is 24.6 Å². The third-order valence-electron chi connectivity index (χ3n) is 6.32. The van der Waals surface area contributed by atoms with Gasteiger partial charge in [-0.2, -0.15) is 25.9 Å². The maximum atomic E-state index is 13.6. The summed E-state index contributed by atoms with van der Waals surface area (Å²) in [6.07, 6.45) is 1.57. The lowest BCUT2D eigenvalue weighted by atomic mass is 9.81. The second-order valence-corrected chi connectivity index (χ2v) is 12.4. The molecule has 0 aliphatic heterocycles. The minimum absolute atomic E-state index is 0.0908. The van der Waals surface area contributed by atoms with Crippen LogP contribution in [-0.2, 0) is 37.4 Å². The molecule has 0 saturated heterocycles. The molecule has 0 aromatic heterocycles. The molecule has 0 bridgehead atoms. The lowest BCUT2D eigenvalue weighted by Crippen LogP contribution is -2.37. The molecule has 3 rings (SSSR count). The Hall–Kier alpha value is -2.77. The van der Waals surface area contributed by atoms with E-state index in [0.29, 0.717) is 17.9 Å². The second kappa shape index (κ2) is 12.0. The van der Waals surface area contributed by atoms with Crippen LogP contribution < -0.4 is 9.47 Å². The fourth-order valence-corrected chi connectivity index (χ4v) is 6.46. The average molecular weight is 578 g/mol. The number of benzene rings is 2. The number of hydrogen-bond acceptors (Lipinski definition) is 7. The molecule has 38 heavy (non-hydrogen) atoms. The van der Waals surface area contributed by atoms with Gasteiger partial charge in [0.25, 0.3) is 0 Å². The summed E-state index contributed by atoms with van der Waals surface area (Å²) in [6, 6.07) is 14.0. The molecular weight excluding hydrogens is 547 g/mol. The number of nitrogens with zero attached hydrogens (tertiary/aromatic N) is 1. The van der Waals surface area contributed by atoms with Crippen LogP contribution in [0, 0.1) is 11.8 Å². The van der Waals surface area contributed by atoms with E-state index in [0.717, 1.165) is 11.1 Å². The lowest BCUT2D eigenvalue weighted by Gasteiger charge is -2.33. The summed E-state index contributed by atoms with van der Waals surface area (Å²) in [4.78, 5) is 0. The number of rotatable bonds is 13. The van der Waals surface area contributed by atoms with Gasteiger partial charge >= 0.3 is 15.6 Å². The predicted molar refractivity (Wildman–Crippen MR) is 135 cm³/mol. The van der Waals surface area contributed by atoms with E-state index in [1.54, 1.807) is 55.5 Å². The van der Waals surface area contributed by atoms with Crippen LogP contribution in [0.2, 0.25) is 0 Å². The molecular formula is C25H30F3NO7S2. The van der Waals surface area contributed by atoms with Crippen LogP contribution in [0.4, 0.5) is 13.2 Å². The molecule has 0 heterocycles. The van der Waals surface area contributed by atoms with Gasteiger partial charge in [-0.05, 0) is 53.3 Å². The Bertz CT molecular complexity index is 1280. The smallest absolute Gasteiger partial charge is 0.497 e. The first-order chi connectivity index (χ1) is 17.8. The van der Waals surface area contributed by atoms with E-state index in [1.807, 2.05) is 0 Å². The fourth-order valence-electron chi connectivity index (χ4n) is 4.03. The summed E-state index contributed by atoms with van der Waals surface area (Å²) in [5, 5.41) is 0. The van der Waals surface area contributed by atoms with E-state index in [2.05, 4.69) is 4.18 Å². The van der Waals surface area contributed by atoms with Crippen molar-refractivity contribution in [1.82, 2.24) is 4.31 Å². The zero-order chi connectivity index (χ0) is 28.1. The number of allylic oxidation sites excluding steroid dienone is 2. The topological polar surface area (TPSA) is 99.2 Å². The highest BCUT2D eigenvalue weighted by Crippen LogP contribution is 2.39. The van der Waals surface area contributed by atoms with Crippen LogP contribution >= 0.6 is 0 Å². The lowest BCUT2D eigenvalue weighted by molar-refractivity contribution is -0.0528. The molecule has 13 heteroatoms. The van der Waals surface area contributed by atoms with Crippen LogP contribution in [0.3, 0.4) is 0 Å². The predicted octanol–water partition coefficient (Wildman–Crippen LogP) is 4.83. The first kappa shape index (κ1) is 29.8. The first-order valence-electron chi connectivity index (χ1n) is 11.7. The molecule has 0 unspecified atom stereocenters. The SMILES string of the molecule is CC[C@H](CS(=O)(=O)N(Cc1ccc(OC)cc1)Cc1ccc(OC)cc1)[C@@H]1C=C(OS(=O)(=O)C(F)(F)F)C1. The molecule has 0 spiro atoms. The molecule has 0 saturated carbocycles. The van der Waals surface area contributed by atoms with Crippen LogP contribution in [-0.4, -0.2) is 46.6 Å². The van der Waals surface area contributed by atoms with Gasteiger partial charge in [0, 0.05) is 19.5 Å². The highest BCUT2D eigenvalue weighted by atomic mass is 32.2. The Morgan fingerprint density at radius 3 is 1.71 bits per heavy atom. The van der Waals surface area contributed by atoms with Crippen LogP contribution in [0.1, 0.15) is 30.9 Å². The summed E-state index contributed by atoms with van der Waals surface area (Å²) >= 11 is 0. The van der Waals surface area contributed by atoms with Gasteiger partial charge in [0.2, 0.25) is 10.0 Å². The highest BCUT2D eigenvalue weighted by molar-refractivity contribution is 7.89. The van der Waals surface area contributed by atoms with E-state index < -0.39 is 37.5 Å². The molecule has 210 valence electrons. The zero-order valence-electron chi connectivity index (χ0n) is 21.1. The summed E-state index contributed by atoms with van der Waals surface area (Å²) in [5.41, 5.74) is -4.05. The van der Waals surface area contributed by atoms with Gasteiger partial charge in [0.05, 0.1) is 20.0 Å². The van der Waals surface area contributed by atoms with Gasteiger partial charge < -0.3 is 13.7 Å². The quantitative estimate of drug-likeness (QED) is 0.248. The molecule has 8 nitrogen and oxygen atoms in total. The van der Waals surface area contributed by atoms with Crippen molar-refractivity contribution < 1.29 is 43.7 Å². The summed E-state index contributed by atoms with van der Waals surface area (Å²) in [5.74, 6) is -0.224. The van der Waals surface area contributed by atoms with Gasteiger partial charge in [-0.1, -0.05) is 37.6 Å². The maximum absolute atomic E-state index is 13.6. The Kier molecular flexibility index (Phi) is 9.37. The van der Waals surface area contributed by atoms with E-state index >= 15 is 0 Å². The molecule has 2 atom stereocenters. The molecule has 0 N–H and O–H groups in total. The van der Waals surface area contributed by atoms with Crippen molar-refractivity contribution in [2.75, 3.05) is 20.0 Å². The van der Waals surface area contributed by atoms with Gasteiger partial charge in [-0.3, -0.25) is 0 Å². The summed E-state index contributed by atoms with van der Waals surface area (Å²) in [6.45, 7) is 1.96. The second-order valence-electron chi connectivity index (χ2n) is 8.90. The number of methoxy groups -OCH3 is 2. The first-order valence-corrected chi connectivity index (χ1v) is 14.7. The van der Waals surface area contributed by atoms with Crippen molar-refractivity contribution in [2.24, 2.45) is 11.8 Å². The zero-order valence-corrected chi connectivity index (χ0v) is 22.8. The fraction of sp³-hybridized carbons (Fsp3) is 0.440. The molecule has 1 aliphatic carbocycles. The Labute approximate surface area is 221 Å². The van der Waals surface area contributed by atoms with Crippen molar-refractivity contribution in [3.05, 3.63) is 71.5 Å². The number of hydrogen-bond donors (Lipinski definition) is 0. The standard InChI is InChI=1S/C25H30F3NO7S2/c1-4-20(21-13-24(14-21)36-38(32,33)25(26,27)28)17-37(30,31)29(15-18-5-9-22(34-2)10-6-18)16-19-7-11-23(35-3)12-8-19/h5-13,20-21H,4,14-17H2,1-3H3/t20-,21-/m1/s1. The van der Waals surface area contributed by atoms with Gasteiger partial charge in [-0.15, -0.1) is 0 Å². The van der Waals surface area contributed by atoms with Gasteiger partial charge in [-0.25, -0.2) is 8.42 Å². The average Bonchev–Trinajstić information content (AvgIpc) is 2.84. The van der Waals surface area contributed by atoms with E-state index in [4.69, 9.17) is 9.47 Å². The normalized spacial score (nSPS) is 16.9. The third-order valence-corrected chi connectivity index (χ3v) is 9.22. The minimum atomic E-state index is -5.75. The third kappa shape index (κ3) is 7.41. The Balaban J connectivity index is 1.79. The number of sulfonamides is 1. The Morgan fingerprint density at radius 2 is 1.34 bits per heavy atom. The van der Waals surface area contributed by atoms with Gasteiger partial charge in [0.1, 0.15) is 17.3 Å². The van der Waals surface area contributed by atoms with Crippen molar-refractivity contribution in [3.63, 3.8) is 0 Å². The van der Waals surface area contributed by atoms with Crippen LogP contribution in [0.5, 0.6) is 11.5 Å². The number of alkyl halides is 3. The summed E-state index contributed by atoms with van der Waals surface area (Å²) < 4.78 is 103. The molecule has 1 aliphatic rings. The maximum Gasteiger partial charge on any atom is 0.534 e. The van der Waals surface area contributed by atoms with Crippen molar-refractivity contribution in [1.29, 1.82) is 0 Å². The minimum Gasteiger partial charge on any atom is -0.497 e. The van der Waals surface area contributed by atoms with Crippen molar-refractivity contribution in [3.8, 4) is 11.5 Å². The van der Waals surface area contributed by atoms with E-state index in [-0.39, 0.29) is 31.0 Å². The Morgan fingerprint density at radius 1 is 0.895 bits per heavy atom. The molecule has 2 aromatic rings. The van der Waals surface area contributed by atoms with Crippen LogP contribution in [0.15, 0.2) is 60.4 Å². The molecule has 0 amide bonds.